The molecule has 2 aliphatic rings. The van der Waals surface area contributed by atoms with Gasteiger partial charge in [0.25, 0.3) is 0 Å². The van der Waals surface area contributed by atoms with E-state index in [9.17, 15) is 0 Å². The minimum atomic E-state index is 0.794. The van der Waals surface area contributed by atoms with Crippen LogP contribution >= 0.6 is 0 Å². The molecule has 0 radical (unpaired) electrons. The first-order valence-electron chi connectivity index (χ1n) is 4.53. The minimum Gasteiger partial charge on any atom is -0.311 e. The molecule has 0 aliphatic heterocycles. The Morgan fingerprint density at radius 3 is 2.40 bits per heavy atom. The van der Waals surface area contributed by atoms with Crippen LogP contribution in [-0.2, 0) is 0 Å². The molecular formula is C9H17N. The zero-order valence-electron chi connectivity index (χ0n) is 6.93. The molecule has 1 nitrogen and oxygen atoms in total. The first-order valence-corrected chi connectivity index (χ1v) is 4.53. The van der Waals surface area contributed by atoms with Crippen molar-refractivity contribution < 1.29 is 0 Å². The molecule has 0 spiro atoms. The second-order valence-corrected chi connectivity index (χ2v) is 4.11. The molecule has 2 fully saturated rings. The summed E-state index contributed by atoms with van der Waals surface area (Å²) in [5.41, 5.74) is 0. The summed E-state index contributed by atoms with van der Waals surface area (Å²) in [5.74, 6) is 2.00. The van der Waals surface area contributed by atoms with Crippen LogP contribution < -0.4 is 5.32 Å². The number of nitrogens with one attached hydrogen (secondary N) is 1. The summed E-state index contributed by atoms with van der Waals surface area (Å²) in [4.78, 5) is 0. The molecule has 0 heterocycles. The van der Waals surface area contributed by atoms with E-state index in [0.717, 1.165) is 23.9 Å². The van der Waals surface area contributed by atoms with Crippen molar-refractivity contribution in [2.75, 3.05) is 0 Å². The van der Waals surface area contributed by atoms with Crippen molar-refractivity contribution in [3.63, 3.8) is 0 Å². The molecule has 0 aromatic heterocycles. The van der Waals surface area contributed by atoms with Crippen molar-refractivity contribution in [1.29, 1.82) is 0 Å². The normalized spacial score (nSPS) is 41.4. The largest absolute Gasteiger partial charge is 0.311 e. The molecule has 58 valence electrons. The zero-order valence-corrected chi connectivity index (χ0v) is 6.93. The third-order valence-electron chi connectivity index (χ3n) is 2.89. The average Bonchev–Trinajstić information content (AvgIpc) is 2.66. The highest BCUT2D eigenvalue weighted by molar-refractivity contribution is 4.94. The van der Waals surface area contributed by atoms with Gasteiger partial charge in [0, 0.05) is 12.1 Å². The van der Waals surface area contributed by atoms with Crippen LogP contribution in [0.1, 0.15) is 33.1 Å². The SMILES string of the molecule is CC1CC1C(C)NC1CC1. The van der Waals surface area contributed by atoms with Gasteiger partial charge in [-0.2, -0.15) is 0 Å². The molecule has 2 rings (SSSR count). The van der Waals surface area contributed by atoms with Gasteiger partial charge in [-0.3, -0.25) is 0 Å². The van der Waals surface area contributed by atoms with Crippen molar-refractivity contribution >= 4 is 0 Å². The van der Waals surface area contributed by atoms with Crippen molar-refractivity contribution in [2.24, 2.45) is 11.8 Å². The third-order valence-corrected chi connectivity index (χ3v) is 2.89. The molecule has 0 aromatic rings. The standard InChI is InChI=1S/C9H17N/c1-6-5-9(6)7(2)10-8-3-4-8/h6-10H,3-5H2,1-2H3. The van der Waals surface area contributed by atoms with Crippen LogP contribution in [0.25, 0.3) is 0 Å². The van der Waals surface area contributed by atoms with E-state index in [4.69, 9.17) is 0 Å². The fourth-order valence-electron chi connectivity index (χ4n) is 1.79. The van der Waals surface area contributed by atoms with Crippen LogP contribution in [0.15, 0.2) is 0 Å². The predicted octanol–water partition coefficient (Wildman–Crippen LogP) is 1.78. The van der Waals surface area contributed by atoms with E-state index in [1.165, 1.54) is 19.3 Å². The van der Waals surface area contributed by atoms with E-state index < -0.39 is 0 Å². The van der Waals surface area contributed by atoms with E-state index in [1.54, 1.807) is 0 Å². The molecule has 10 heavy (non-hydrogen) atoms. The van der Waals surface area contributed by atoms with Gasteiger partial charge >= 0.3 is 0 Å². The summed E-state index contributed by atoms with van der Waals surface area (Å²) in [6.07, 6.45) is 4.30. The molecule has 1 heteroatoms. The van der Waals surface area contributed by atoms with Gasteiger partial charge in [-0.25, -0.2) is 0 Å². The van der Waals surface area contributed by atoms with E-state index in [2.05, 4.69) is 19.2 Å². The van der Waals surface area contributed by atoms with Crippen molar-refractivity contribution in [3.8, 4) is 0 Å². The first kappa shape index (κ1) is 6.66. The van der Waals surface area contributed by atoms with Crippen molar-refractivity contribution in [1.82, 2.24) is 5.32 Å². The van der Waals surface area contributed by atoms with Gasteiger partial charge in [0.1, 0.15) is 0 Å². The lowest BCUT2D eigenvalue weighted by molar-refractivity contribution is 0.475. The Bertz CT molecular complexity index is 129. The lowest BCUT2D eigenvalue weighted by Crippen LogP contribution is -2.30. The molecular weight excluding hydrogens is 122 g/mol. The van der Waals surface area contributed by atoms with Crippen LogP contribution in [0.3, 0.4) is 0 Å². The molecule has 3 unspecified atom stereocenters. The van der Waals surface area contributed by atoms with Crippen LogP contribution in [0.5, 0.6) is 0 Å². The van der Waals surface area contributed by atoms with Gasteiger partial charge in [0.15, 0.2) is 0 Å². The summed E-state index contributed by atoms with van der Waals surface area (Å²) in [5, 5.41) is 3.65. The Hall–Kier alpha value is -0.0400. The summed E-state index contributed by atoms with van der Waals surface area (Å²) >= 11 is 0. The highest BCUT2D eigenvalue weighted by Crippen LogP contribution is 2.41. The summed E-state index contributed by atoms with van der Waals surface area (Å²) < 4.78 is 0. The van der Waals surface area contributed by atoms with Crippen LogP contribution in [0.4, 0.5) is 0 Å². The zero-order chi connectivity index (χ0) is 7.14. The maximum absolute atomic E-state index is 3.65. The average molecular weight is 139 g/mol. The van der Waals surface area contributed by atoms with E-state index in [0.29, 0.717) is 0 Å². The van der Waals surface area contributed by atoms with Crippen molar-refractivity contribution in [3.05, 3.63) is 0 Å². The highest BCUT2D eigenvalue weighted by atomic mass is 15.0. The lowest BCUT2D eigenvalue weighted by atomic mass is 10.2. The fraction of sp³-hybridized carbons (Fsp3) is 1.00. The summed E-state index contributed by atoms with van der Waals surface area (Å²) in [6, 6.07) is 1.69. The van der Waals surface area contributed by atoms with Crippen LogP contribution in [-0.4, -0.2) is 12.1 Å². The van der Waals surface area contributed by atoms with Gasteiger partial charge in [-0.05, 0) is 38.0 Å². The molecule has 1 N–H and O–H groups in total. The molecule has 0 saturated heterocycles. The third kappa shape index (κ3) is 1.34. The molecule has 3 atom stereocenters. The second-order valence-electron chi connectivity index (χ2n) is 4.11. The van der Waals surface area contributed by atoms with Gasteiger partial charge in [0.2, 0.25) is 0 Å². The van der Waals surface area contributed by atoms with E-state index >= 15 is 0 Å². The molecule has 0 aromatic carbocycles. The summed E-state index contributed by atoms with van der Waals surface area (Å²) in [6.45, 7) is 4.70. The maximum Gasteiger partial charge on any atom is 0.00722 e. The smallest absolute Gasteiger partial charge is 0.00722 e. The molecule has 2 aliphatic carbocycles. The van der Waals surface area contributed by atoms with Crippen LogP contribution in [0.2, 0.25) is 0 Å². The quantitative estimate of drug-likeness (QED) is 0.628. The highest BCUT2D eigenvalue weighted by Gasteiger charge is 2.38. The first-order chi connectivity index (χ1) is 4.77. The monoisotopic (exact) mass is 139 g/mol. The Balaban J connectivity index is 1.71. The lowest BCUT2D eigenvalue weighted by Gasteiger charge is -2.11. The van der Waals surface area contributed by atoms with Crippen molar-refractivity contribution in [2.45, 2.75) is 45.2 Å². The van der Waals surface area contributed by atoms with Gasteiger partial charge in [0.05, 0.1) is 0 Å². The van der Waals surface area contributed by atoms with E-state index in [1.807, 2.05) is 0 Å². The Labute approximate surface area is 63.2 Å². The fourth-order valence-corrected chi connectivity index (χ4v) is 1.79. The van der Waals surface area contributed by atoms with Gasteiger partial charge in [-0.15, -0.1) is 0 Å². The topological polar surface area (TPSA) is 12.0 Å². The van der Waals surface area contributed by atoms with Gasteiger partial charge < -0.3 is 5.32 Å². The Morgan fingerprint density at radius 1 is 1.40 bits per heavy atom. The number of hydrogen-bond acceptors (Lipinski definition) is 1. The predicted molar refractivity (Wildman–Crippen MR) is 42.9 cm³/mol. The molecule has 0 bridgehead atoms. The Morgan fingerprint density at radius 2 is 2.00 bits per heavy atom. The summed E-state index contributed by atoms with van der Waals surface area (Å²) in [7, 11) is 0. The Kier molecular flexibility index (Phi) is 1.48. The second kappa shape index (κ2) is 2.23. The minimum absolute atomic E-state index is 0.794. The molecule has 0 amide bonds. The number of hydrogen-bond donors (Lipinski definition) is 1. The van der Waals surface area contributed by atoms with Crippen LogP contribution in [0, 0.1) is 11.8 Å². The van der Waals surface area contributed by atoms with E-state index in [-0.39, 0.29) is 0 Å². The molecule has 2 saturated carbocycles. The van der Waals surface area contributed by atoms with Gasteiger partial charge in [-0.1, -0.05) is 6.92 Å². The number of rotatable bonds is 3. The maximum atomic E-state index is 3.65.